The van der Waals surface area contributed by atoms with Crippen molar-refractivity contribution >= 4 is 21.6 Å². The molecule has 52 valence electrons. The predicted octanol–water partition coefficient (Wildman–Crippen LogP) is 2.39. The molecule has 0 saturated heterocycles. The van der Waals surface area contributed by atoms with Gasteiger partial charge in [0.25, 0.3) is 0 Å². The quantitative estimate of drug-likeness (QED) is 0.629. The fraction of sp³-hybridized carbons (Fsp3) is 0.143. The Balaban J connectivity index is 4.31. The van der Waals surface area contributed by atoms with Gasteiger partial charge in [0.05, 0.1) is 0 Å². The summed E-state index contributed by atoms with van der Waals surface area (Å²) in [6.07, 6.45) is 2.96. The van der Waals surface area contributed by atoms with Crippen LogP contribution in [0.2, 0.25) is 0 Å². The molecule has 0 aromatic carbocycles. The summed E-state index contributed by atoms with van der Waals surface area (Å²) in [5, 5.41) is 8.34. The smallest absolute Gasteiger partial charge is 0.139 e. The van der Waals surface area contributed by atoms with Crippen LogP contribution >= 0.6 is 15.9 Å². The van der Waals surface area contributed by atoms with E-state index >= 15 is 0 Å². The highest BCUT2D eigenvalue weighted by atomic mass is 79.9. The average Bonchev–Trinajstić information content (AvgIpc) is 1.90. The van der Waals surface area contributed by atoms with E-state index in [4.69, 9.17) is 5.26 Å². The summed E-state index contributed by atoms with van der Waals surface area (Å²) in [4.78, 5) is 3.79. The van der Waals surface area contributed by atoms with Crippen LogP contribution in [0.4, 0.5) is 0 Å². The van der Waals surface area contributed by atoms with Crippen LogP contribution in [-0.2, 0) is 0 Å². The van der Waals surface area contributed by atoms with Gasteiger partial charge < -0.3 is 0 Å². The highest BCUT2D eigenvalue weighted by Crippen LogP contribution is 2.01. The third-order valence-corrected chi connectivity index (χ3v) is 0.894. The SMILES string of the molecule is C=CC(C#N)=N/C=C(\C)Br. The lowest BCUT2D eigenvalue weighted by molar-refractivity contribution is 1.49. The van der Waals surface area contributed by atoms with Gasteiger partial charge in [0.2, 0.25) is 0 Å². The van der Waals surface area contributed by atoms with Crippen LogP contribution in [0.5, 0.6) is 0 Å². The maximum Gasteiger partial charge on any atom is 0.139 e. The molecule has 0 aromatic heterocycles. The van der Waals surface area contributed by atoms with Gasteiger partial charge in [0, 0.05) is 10.7 Å². The Bertz CT molecular complexity index is 216. The average molecular weight is 199 g/mol. The predicted molar refractivity (Wildman–Crippen MR) is 45.9 cm³/mol. The fourth-order valence-corrected chi connectivity index (χ4v) is 0.388. The fourth-order valence-electron chi connectivity index (χ4n) is 0.286. The van der Waals surface area contributed by atoms with Gasteiger partial charge in [-0.15, -0.1) is 0 Å². The minimum absolute atomic E-state index is 0.318. The van der Waals surface area contributed by atoms with E-state index in [2.05, 4.69) is 27.5 Å². The van der Waals surface area contributed by atoms with E-state index in [9.17, 15) is 0 Å². The van der Waals surface area contributed by atoms with Crippen LogP contribution in [0.25, 0.3) is 0 Å². The van der Waals surface area contributed by atoms with E-state index < -0.39 is 0 Å². The van der Waals surface area contributed by atoms with Gasteiger partial charge in [-0.1, -0.05) is 22.5 Å². The first kappa shape index (κ1) is 9.12. The third-order valence-electron chi connectivity index (χ3n) is 0.689. The Morgan fingerprint density at radius 3 is 2.70 bits per heavy atom. The standard InChI is InChI=1S/C7H7BrN2/c1-3-7(4-9)10-5-6(2)8/h3,5H,1H2,2H3/b6-5+,10-7?. The van der Waals surface area contributed by atoms with Gasteiger partial charge in [-0.25, -0.2) is 4.99 Å². The normalized spacial score (nSPS) is 12.5. The zero-order valence-corrected chi connectivity index (χ0v) is 7.22. The van der Waals surface area contributed by atoms with Crippen molar-refractivity contribution in [3.63, 3.8) is 0 Å². The topological polar surface area (TPSA) is 36.1 Å². The minimum Gasteiger partial charge on any atom is -0.245 e. The molecule has 2 nitrogen and oxygen atoms in total. The second-order valence-electron chi connectivity index (χ2n) is 1.55. The number of halogens is 1. The van der Waals surface area contributed by atoms with Crippen molar-refractivity contribution < 1.29 is 0 Å². The van der Waals surface area contributed by atoms with Crippen LogP contribution in [0, 0.1) is 11.3 Å². The van der Waals surface area contributed by atoms with Crippen LogP contribution in [-0.4, -0.2) is 5.71 Å². The molecule has 0 amide bonds. The molecule has 0 aliphatic carbocycles. The van der Waals surface area contributed by atoms with E-state index in [0.717, 1.165) is 4.48 Å². The minimum atomic E-state index is 0.318. The highest BCUT2D eigenvalue weighted by Gasteiger charge is 1.84. The number of hydrogen-bond donors (Lipinski definition) is 0. The molecule has 0 spiro atoms. The Morgan fingerprint density at radius 2 is 2.40 bits per heavy atom. The number of rotatable bonds is 2. The van der Waals surface area contributed by atoms with E-state index in [-0.39, 0.29) is 0 Å². The van der Waals surface area contributed by atoms with E-state index in [1.165, 1.54) is 6.08 Å². The van der Waals surface area contributed by atoms with Gasteiger partial charge >= 0.3 is 0 Å². The molecule has 0 unspecified atom stereocenters. The second-order valence-corrected chi connectivity index (χ2v) is 2.80. The third kappa shape index (κ3) is 4.04. The number of allylic oxidation sites excluding steroid dienone is 2. The molecule has 0 radical (unpaired) electrons. The molecule has 0 aromatic rings. The van der Waals surface area contributed by atoms with Crippen LogP contribution < -0.4 is 0 Å². The van der Waals surface area contributed by atoms with Crippen LogP contribution in [0.15, 0.2) is 28.3 Å². The number of nitrogens with zero attached hydrogens (tertiary/aromatic N) is 2. The van der Waals surface area contributed by atoms with Crippen LogP contribution in [0.1, 0.15) is 6.92 Å². The largest absolute Gasteiger partial charge is 0.245 e. The Hall–Kier alpha value is -0.880. The molecule has 3 heteroatoms. The summed E-state index contributed by atoms with van der Waals surface area (Å²) in [6, 6.07) is 1.87. The maximum atomic E-state index is 8.34. The zero-order valence-electron chi connectivity index (χ0n) is 5.63. The highest BCUT2D eigenvalue weighted by molar-refractivity contribution is 9.11. The first-order valence-electron chi connectivity index (χ1n) is 2.63. The molecule has 0 saturated carbocycles. The van der Waals surface area contributed by atoms with Crippen molar-refractivity contribution in [2.75, 3.05) is 0 Å². The summed E-state index contributed by atoms with van der Waals surface area (Å²) in [6.45, 7) is 5.25. The van der Waals surface area contributed by atoms with Crippen molar-refractivity contribution in [2.45, 2.75) is 6.92 Å². The Morgan fingerprint density at radius 1 is 1.80 bits per heavy atom. The maximum absolute atomic E-state index is 8.34. The summed E-state index contributed by atoms with van der Waals surface area (Å²) in [7, 11) is 0. The first-order chi connectivity index (χ1) is 4.70. The zero-order chi connectivity index (χ0) is 7.98. The monoisotopic (exact) mass is 198 g/mol. The summed E-state index contributed by atoms with van der Waals surface area (Å²) < 4.78 is 0.877. The summed E-state index contributed by atoms with van der Waals surface area (Å²) >= 11 is 3.17. The van der Waals surface area contributed by atoms with Gasteiger partial charge in [0.15, 0.2) is 0 Å². The second kappa shape index (κ2) is 4.95. The Labute approximate surface area is 68.7 Å². The first-order valence-corrected chi connectivity index (χ1v) is 3.42. The molecule has 0 N–H and O–H groups in total. The van der Waals surface area contributed by atoms with Crippen LogP contribution in [0.3, 0.4) is 0 Å². The van der Waals surface area contributed by atoms with Gasteiger partial charge in [0.1, 0.15) is 11.8 Å². The number of aliphatic imine (C=N–C) groups is 1. The van der Waals surface area contributed by atoms with Gasteiger partial charge in [-0.2, -0.15) is 5.26 Å². The molecular formula is C7H7BrN2. The number of hydrogen-bond acceptors (Lipinski definition) is 2. The van der Waals surface area contributed by atoms with Gasteiger partial charge in [-0.05, 0) is 13.0 Å². The summed E-state index contributed by atoms with van der Waals surface area (Å²) in [5.74, 6) is 0. The lowest BCUT2D eigenvalue weighted by Gasteiger charge is -1.82. The lowest BCUT2D eigenvalue weighted by atomic mass is 10.4. The molecule has 0 aliphatic rings. The van der Waals surface area contributed by atoms with Crippen molar-refractivity contribution in [3.8, 4) is 6.07 Å². The number of nitriles is 1. The molecule has 0 fully saturated rings. The van der Waals surface area contributed by atoms with Crippen molar-refractivity contribution in [1.29, 1.82) is 5.26 Å². The molecule has 0 heterocycles. The van der Waals surface area contributed by atoms with Crippen molar-refractivity contribution in [2.24, 2.45) is 4.99 Å². The molecule has 0 aliphatic heterocycles. The van der Waals surface area contributed by atoms with Crippen molar-refractivity contribution in [1.82, 2.24) is 0 Å². The molecule has 10 heavy (non-hydrogen) atoms. The summed E-state index contributed by atoms with van der Waals surface area (Å²) in [5.41, 5.74) is 0.318. The molecule has 0 bridgehead atoms. The van der Waals surface area contributed by atoms with Crippen molar-refractivity contribution in [3.05, 3.63) is 23.3 Å². The molecule has 0 atom stereocenters. The van der Waals surface area contributed by atoms with E-state index in [1.54, 1.807) is 6.20 Å². The molecular weight excluding hydrogens is 192 g/mol. The Kier molecular flexibility index (Phi) is 4.51. The lowest BCUT2D eigenvalue weighted by Crippen LogP contribution is -1.83. The van der Waals surface area contributed by atoms with E-state index in [1.807, 2.05) is 13.0 Å². The molecule has 0 rings (SSSR count). The van der Waals surface area contributed by atoms with E-state index in [0.29, 0.717) is 5.71 Å². The van der Waals surface area contributed by atoms with Gasteiger partial charge in [-0.3, -0.25) is 0 Å².